The highest BCUT2D eigenvalue weighted by Gasteiger charge is 2.41. The van der Waals surface area contributed by atoms with Gasteiger partial charge in [-0.2, -0.15) is 0 Å². The van der Waals surface area contributed by atoms with E-state index in [1.165, 1.54) is 14.2 Å². The summed E-state index contributed by atoms with van der Waals surface area (Å²) >= 11 is 0. The van der Waals surface area contributed by atoms with Gasteiger partial charge < -0.3 is 9.05 Å². The third-order valence-corrected chi connectivity index (χ3v) is 6.60. The molecule has 0 heterocycles. The number of benzene rings is 2. The third kappa shape index (κ3) is 5.19. The van der Waals surface area contributed by atoms with Gasteiger partial charge in [0, 0.05) is 20.8 Å². The Kier molecular flexibility index (Phi) is 8.03. The molecule has 2 aromatic rings. The quantitative estimate of drug-likeness (QED) is 0.449. The number of terminal acetylenes is 1. The SMILES string of the molecule is C#CCN(Cc1ccccc1)C(/C(=C/C)c1ccccc1)P(=O)(OC)OC. The van der Waals surface area contributed by atoms with Crippen LogP contribution in [0.5, 0.6) is 0 Å². The summed E-state index contributed by atoms with van der Waals surface area (Å²) in [6.07, 6.45) is 7.59. The van der Waals surface area contributed by atoms with Crippen molar-refractivity contribution in [2.45, 2.75) is 19.3 Å². The Hall–Kier alpha value is -2.15. The van der Waals surface area contributed by atoms with Crippen LogP contribution in [-0.4, -0.2) is 31.4 Å². The van der Waals surface area contributed by atoms with Crippen molar-refractivity contribution in [1.29, 1.82) is 0 Å². The van der Waals surface area contributed by atoms with Crippen LogP contribution in [0, 0.1) is 12.3 Å². The van der Waals surface area contributed by atoms with Crippen molar-refractivity contribution < 1.29 is 13.6 Å². The molecule has 1 unspecified atom stereocenters. The summed E-state index contributed by atoms with van der Waals surface area (Å²) in [5.41, 5.74) is 2.88. The number of hydrogen-bond acceptors (Lipinski definition) is 4. The van der Waals surface area contributed by atoms with Crippen LogP contribution in [0.1, 0.15) is 18.1 Å². The van der Waals surface area contributed by atoms with Gasteiger partial charge in [-0.3, -0.25) is 9.46 Å². The van der Waals surface area contributed by atoms with Gasteiger partial charge >= 0.3 is 7.60 Å². The normalized spacial score (nSPS) is 13.4. The predicted molar refractivity (Wildman–Crippen MR) is 111 cm³/mol. The van der Waals surface area contributed by atoms with Crippen LogP contribution in [0.25, 0.3) is 5.57 Å². The van der Waals surface area contributed by atoms with Crippen LogP contribution < -0.4 is 0 Å². The molecule has 0 N–H and O–H groups in total. The lowest BCUT2D eigenvalue weighted by atomic mass is 10.0. The number of nitrogens with zero attached hydrogens (tertiary/aromatic N) is 1. The first kappa shape index (κ1) is 21.2. The Morgan fingerprint density at radius 1 is 1.11 bits per heavy atom. The maximum absolute atomic E-state index is 13.5. The van der Waals surface area contributed by atoms with Crippen molar-refractivity contribution in [1.82, 2.24) is 4.90 Å². The minimum absolute atomic E-state index is 0.306. The van der Waals surface area contributed by atoms with E-state index in [-0.39, 0.29) is 0 Å². The molecule has 2 rings (SSSR count). The summed E-state index contributed by atoms with van der Waals surface area (Å²) in [4.78, 5) is 1.96. The second-order valence-electron chi connectivity index (χ2n) is 5.98. The summed E-state index contributed by atoms with van der Waals surface area (Å²) in [7, 11) is -0.672. The van der Waals surface area contributed by atoms with Gasteiger partial charge in [0.2, 0.25) is 0 Å². The average molecular weight is 383 g/mol. The van der Waals surface area contributed by atoms with Crippen LogP contribution in [0.4, 0.5) is 0 Å². The fraction of sp³-hybridized carbons (Fsp3) is 0.273. The molecule has 0 aliphatic heterocycles. The zero-order valence-electron chi connectivity index (χ0n) is 16.0. The Labute approximate surface area is 162 Å². The van der Waals surface area contributed by atoms with E-state index in [1.54, 1.807) is 0 Å². The minimum atomic E-state index is -3.49. The highest BCUT2D eigenvalue weighted by Crippen LogP contribution is 2.57. The van der Waals surface area contributed by atoms with E-state index in [0.29, 0.717) is 13.1 Å². The zero-order chi connectivity index (χ0) is 19.7. The largest absolute Gasteiger partial charge is 0.351 e. The average Bonchev–Trinajstić information content (AvgIpc) is 2.72. The van der Waals surface area contributed by atoms with Crippen LogP contribution in [0.2, 0.25) is 0 Å². The molecule has 0 amide bonds. The Balaban J connectivity index is 2.55. The lowest BCUT2D eigenvalue weighted by Crippen LogP contribution is -2.37. The first-order chi connectivity index (χ1) is 13.1. The Morgan fingerprint density at radius 3 is 2.15 bits per heavy atom. The minimum Gasteiger partial charge on any atom is -0.311 e. The lowest BCUT2D eigenvalue weighted by Gasteiger charge is -2.35. The highest BCUT2D eigenvalue weighted by atomic mass is 31.2. The van der Waals surface area contributed by atoms with Gasteiger partial charge in [-0.15, -0.1) is 6.42 Å². The highest BCUT2D eigenvalue weighted by molar-refractivity contribution is 7.55. The lowest BCUT2D eigenvalue weighted by molar-refractivity contribution is 0.219. The third-order valence-electron chi connectivity index (χ3n) is 4.37. The topological polar surface area (TPSA) is 38.8 Å². The van der Waals surface area contributed by atoms with Crippen molar-refractivity contribution >= 4 is 13.2 Å². The van der Waals surface area contributed by atoms with Crippen molar-refractivity contribution in [3.05, 3.63) is 77.9 Å². The molecule has 4 nitrogen and oxygen atoms in total. The van der Waals surface area contributed by atoms with E-state index in [1.807, 2.05) is 78.6 Å². The molecule has 2 aromatic carbocycles. The molecule has 0 saturated carbocycles. The second kappa shape index (κ2) is 10.3. The summed E-state index contributed by atoms with van der Waals surface area (Å²) in [5.74, 6) is 2.06. The number of allylic oxidation sites excluding steroid dienone is 1. The van der Waals surface area contributed by atoms with Crippen molar-refractivity contribution in [2.24, 2.45) is 0 Å². The van der Waals surface area contributed by atoms with E-state index in [2.05, 4.69) is 5.92 Å². The molecule has 142 valence electrons. The molecule has 0 aliphatic carbocycles. The second-order valence-corrected chi connectivity index (χ2v) is 8.28. The summed E-state index contributed by atoms with van der Waals surface area (Å²) in [6.45, 7) is 2.75. The fourth-order valence-electron chi connectivity index (χ4n) is 3.10. The number of hydrogen-bond donors (Lipinski definition) is 0. The van der Waals surface area contributed by atoms with Gasteiger partial charge in [0.25, 0.3) is 0 Å². The fourth-order valence-corrected chi connectivity index (χ4v) is 4.85. The smallest absolute Gasteiger partial charge is 0.311 e. The van der Waals surface area contributed by atoms with Crippen LogP contribution in [0.15, 0.2) is 66.7 Å². The molecular formula is C22H26NO3P. The molecule has 5 heteroatoms. The van der Waals surface area contributed by atoms with Gasteiger partial charge in [0.05, 0.1) is 6.54 Å². The van der Waals surface area contributed by atoms with Gasteiger partial charge in [-0.25, -0.2) is 0 Å². The van der Waals surface area contributed by atoms with Crippen molar-refractivity contribution in [2.75, 3.05) is 20.8 Å². The maximum Gasteiger partial charge on any atom is 0.351 e. The maximum atomic E-state index is 13.5. The molecular weight excluding hydrogens is 357 g/mol. The van der Waals surface area contributed by atoms with Crippen LogP contribution >= 0.6 is 7.60 Å². The molecule has 0 aliphatic rings. The van der Waals surface area contributed by atoms with Gasteiger partial charge in [0.1, 0.15) is 5.78 Å². The van der Waals surface area contributed by atoms with Crippen molar-refractivity contribution in [3.63, 3.8) is 0 Å². The first-order valence-corrected chi connectivity index (χ1v) is 10.3. The molecule has 0 aromatic heterocycles. The van der Waals surface area contributed by atoms with Crippen LogP contribution in [-0.2, 0) is 20.2 Å². The van der Waals surface area contributed by atoms with Crippen molar-refractivity contribution in [3.8, 4) is 12.3 Å². The first-order valence-electron chi connectivity index (χ1n) is 8.73. The van der Waals surface area contributed by atoms with Gasteiger partial charge in [-0.1, -0.05) is 72.7 Å². The summed E-state index contributed by atoms with van der Waals surface area (Å²) in [5, 5.41) is 0. The van der Waals surface area contributed by atoms with E-state index >= 15 is 0 Å². The van der Waals surface area contributed by atoms with Gasteiger partial charge in [-0.05, 0) is 23.6 Å². The monoisotopic (exact) mass is 383 g/mol. The molecule has 0 saturated heterocycles. The van der Waals surface area contributed by atoms with E-state index in [4.69, 9.17) is 15.5 Å². The molecule has 0 spiro atoms. The van der Waals surface area contributed by atoms with E-state index in [0.717, 1.165) is 16.7 Å². The molecule has 0 fully saturated rings. The standard InChI is InChI=1S/C22H26NO3P/c1-5-17-23(18-19-13-9-7-10-14-19)22(27(24,25-3)26-4)21(6-2)20-15-11-8-12-16-20/h1,6-16,22H,17-18H2,2-4H3/b21-6+. The predicted octanol–water partition coefficient (Wildman–Crippen LogP) is 5.04. The molecule has 27 heavy (non-hydrogen) atoms. The molecule has 0 radical (unpaired) electrons. The van der Waals surface area contributed by atoms with Crippen LogP contribution in [0.3, 0.4) is 0 Å². The Bertz CT molecular complexity index is 820. The molecule has 1 atom stereocenters. The van der Waals surface area contributed by atoms with Gasteiger partial charge in [0.15, 0.2) is 0 Å². The molecule has 0 bridgehead atoms. The zero-order valence-corrected chi connectivity index (χ0v) is 16.9. The summed E-state index contributed by atoms with van der Waals surface area (Å²) in [6, 6.07) is 19.7. The van der Waals surface area contributed by atoms with E-state index in [9.17, 15) is 4.57 Å². The summed E-state index contributed by atoms with van der Waals surface area (Å²) < 4.78 is 24.3. The Morgan fingerprint density at radius 2 is 1.67 bits per heavy atom. The van der Waals surface area contributed by atoms with E-state index < -0.39 is 13.4 Å². The number of rotatable bonds is 9.